The third kappa shape index (κ3) is 2.00. The van der Waals surface area contributed by atoms with E-state index in [1.807, 2.05) is 6.07 Å². The molecule has 0 aliphatic carbocycles. The van der Waals surface area contributed by atoms with Crippen LogP contribution in [-0.4, -0.2) is 24.1 Å². The first-order valence-corrected chi connectivity index (χ1v) is 6.01. The predicted octanol–water partition coefficient (Wildman–Crippen LogP) is 2.26. The van der Waals surface area contributed by atoms with Crippen LogP contribution in [0.3, 0.4) is 0 Å². The minimum atomic E-state index is 0. The van der Waals surface area contributed by atoms with Gasteiger partial charge >= 0.3 is 0 Å². The van der Waals surface area contributed by atoms with E-state index in [9.17, 15) is 0 Å². The van der Waals surface area contributed by atoms with Crippen LogP contribution in [0.5, 0.6) is 0 Å². The number of nitrogens with zero attached hydrogens (tertiary/aromatic N) is 2. The average Bonchev–Trinajstić information content (AvgIpc) is 2.82. The summed E-state index contributed by atoms with van der Waals surface area (Å²) in [6.07, 6.45) is 1.08. The maximum absolute atomic E-state index is 5.89. The molecule has 0 saturated carbocycles. The molecule has 0 spiro atoms. The molecule has 5 heteroatoms. The van der Waals surface area contributed by atoms with E-state index in [0.29, 0.717) is 6.04 Å². The monoisotopic (exact) mass is 255 g/mol. The number of hydrogen-bond acceptors (Lipinski definition) is 4. The van der Waals surface area contributed by atoms with Crippen LogP contribution in [0.25, 0.3) is 10.2 Å². The molecule has 0 unspecified atom stereocenters. The van der Waals surface area contributed by atoms with Crippen LogP contribution in [0.4, 0.5) is 5.13 Å². The number of para-hydroxylation sites is 1. The first-order chi connectivity index (χ1) is 7.33. The summed E-state index contributed by atoms with van der Waals surface area (Å²) in [6, 6.07) is 8.58. The summed E-state index contributed by atoms with van der Waals surface area (Å²) in [7, 11) is 0. The van der Waals surface area contributed by atoms with Crippen molar-refractivity contribution in [3.8, 4) is 0 Å². The van der Waals surface area contributed by atoms with Crippen molar-refractivity contribution in [2.45, 2.75) is 12.5 Å². The molecule has 86 valence electrons. The van der Waals surface area contributed by atoms with Crippen molar-refractivity contribution in [3.63, 3.8) is 0 Å². The summed E-state index contributed by atoms with van der Waals surface area (Å²) < 4.78 is 1.26. The fraction of sp³-hybridized carbons (Fsp3) is 0.364. The van der Waals surface area contributed by atoms with Gasteiger partial charge in [0.1, 0.15) is 0 Å². The molecular formula is C11H14ClN3S. The highest BCUT2D eigenvalue weighted by molar-refractivity contribution is 7.22. The molecule has 1 fully saturated rings. The minimum absolute atomic E-state index is 0. The van der Waals surface area contributed by atoms with Gasteiger partial charge in [0.25, 0.3) is 0 Å². The first-order valence-electron chi connectivity index (χ1n) is 5.19. The lowest BCUT2D eigenvalue weighted by Crippen LogP contribution is -2.26. The fourth-order valence-corrected chi connectivity index (χ4v) is 2.96. The zero-order valence-electron chi connectivity index (χ0n) is 8.80. The Morgan fingerprint density at radius 2 is 2.19 bits per heavy atom. The number of fused-ring (bicyclic) bond motifs is 1. The highest BCUT2D eigenvalue weighted by Gasteiger charge is 2.21. The van der Waals surface area contributed by atoms with Crippen LogP contribution in [0, 0.1) is 0 Å². The topological polar surface area (TPSA) is 42.1 Å². The number of nitrogens with two attached hydrogens (primary N) is 1. The number of benzene rings is 1. The molecule has 1 saturated heterocycles. The van der Waals surface area contributed by atoms with Gasteiger partial charge in [0.05, 0.1) is 10.2 Å². The number of aromatic nitrogens is 1. The normalized spacial score (nSPS) is 20.1. The Kier molecular flexibility index (Phi) is 3.33. The van der Waals surface area contributed by atoms with E-state index in [0.717, 1.165) is 30.2 Å². The first kappa shape index (κ1) is 11.6. The van der Waals surface area contributed by atoms with Crippen LogP contribution in [0.2, 0.25) is 0 Å². The Balaban J connectivity index is 0.000000963. The molecule has 16 heavy (non-hydrogen) atoms. The summed E-state index contributed by atoms with van der Waals surface area (Å²) in [6.45, 7) is 1.99. The van der Waals surface area contributed by atoms with Crippen LogP contribution in [-0.2, 0) is 0 Å². The van der Waals surface area contributed by atoms with E-state index in [1.54, 1.807) is 11.3 Å². The highest BCUT2D eigenvalue weighted by atomic mass is 35.5. The lowest BCUT2D eigenvalue weighted by atomic mass is 10.3. The number of thiazole rings is 1. The van der Waals surface area contributed by atoms with Crippen molar-refractivity contribution in [3.05, 3.63) is 24.3 Å². The molecule has 3 rings (SSSR count). The molecule has 0 bridgehead atoms. The second-order valence-electron chi connectivity index (χ2n) is 3.96. The van der Waals surface area contributed by atoms with E-state index in [4.69, 9.17) is 5.73 Å². The molecule has 2 N–H and O–H groups in total. The standard InChI is InChI=1S/C11H13N3S.ClH/c12-8-5-6-14(7-8)11-13-9-3-1-2-4-10(9)15-11;/h1-4,8H,5-7,12H2;1H/t8-;/m0./s1. The van der Waals surface area contributed by atoms with Gasteiger partial charge in [-0.3, -0.25) is 0 Å². The SMILES string of the molecule is Cl.N[C@H]1CCN(c2nc3ccccc3s2)C1. The molecule has 0 amide bonds. The number of hydrogen-bond donors (Lipinski definition) is 1. The highest BCUT2D eigenvalue weighted by Crippen LogP contribution is 2.30. The van der Waals surface area contributed by atoms with Crippen molar-refractivity contribution >= 4 is 39.1 Å². The fourth-order valence-electron chi connectivity index (χ4n) is 1.96. The third-order valence-corrected chi connectivity index (χ3v) is 3.88. The second-order valence-corrected chi connectivity index (χ2v) is 4.97. The molecular weight excluding hydrogens is 242 g/mol. The van der Waals surface area contributed by atoms with E-state index < -0.39 is 0 Å². The van der Waals surface area contributed by atoms with Gasteiger partial charge in [-0.2, -0.15) is 0 Å². The van der Waals surface area contributed by atoms with E-state index >= 15 is 0 Å². The van der Waals surface area contributed by atoms with Crippen molar-refractivity contribution < 1.29 is 0 Å². The minimum Gasteiger partial charge on any atom is -0.346 e. The lowest BCUT2D eigenvalue weighted by molar-refractivity contribution is 0.752. The van der Waals surface area contributed by atoms with Gasteiger partial charge in [0.2, 0.25) is 0 Å². The Hall–Kier alpha value is -0.840. The summed E-state index contributed by atoms with van der Waals surface area (Å²) in [5.74, 6) is 0. The molecule has 2 aromatic rings. The van der Waals surface area contributed by atoms with Gasteiger partial charge in [-0.25, -0.2) is 4.98 Å². The predicted molar refractivity (Wildman–Crippen MR) is 71.7 cm³/mol. The smallest absolute Gasteiger partial charge is 0.186 e. The Bertz CT molecular complexity index is 452. The Labute approximate surface area is 105 Å². The molecule has 1 aromatic carbocycles. The van der Waals surface area contributed by atoms with Crippen molar-refractivity contribution in [2.75, 3.05) is 18.0 Å². The molecule has 1 aromatic heterocycles. The van der Waals surface area contributed by atoms with Gasteiger partial charge in [-0.15, -0.1) is 12.4 Å². The molecule has 3 nitrogen and oxygen atoms in total. The summed E-state index contributed by atoms with van der Waals surface area (Å²) in [5.41, 5.74) is 6.99. The maximum Gasteiger partial charge on any atom is 0.186 e. The summed E-state index contributed by atoms with van der Waals surface area (Å²) in [4.78, 5) is 6.91. The van der Waals surface area contributed by atoms with Crippen molar-refractivity contribution in [2.24, 2.45) is 5.73 Å². The van der Waals surface area contributed by atoms with Crippen LogP contribution in [0.1, 0.15) is 6.42 Å². The van der Waals surface area contributed by atoms with Crippen LogP contribution < -0.4 is 10.6 Å². The molecule has 1 aliphatic rings. The van der Waals surface area contributed by atoms with Gasteiger partial charge in [0, 0.05) is 19.1 Å². The molecule has 0 radical (unpaired) electrons. The lowest BCUT2D eigenvalue weighted by Gasteiger charge is -2.12. The van der Waals surface area contributed by atoms with E-state index in [2.05, 4.69) is 28.1 Å². The number of rotatable bonds is 1. The van der Waals surface area contributed by atoms with E-state index in [-0.39, 0.29) is 12.4 Å². The average molecular weight is 256 g/mol. The number of halogens is 1. The third-order valence-electron chi connectivity index (χ3n) is 2.78. The molecule has 1 atom stereocenters. The molecule has 1 aliphatic heterocycles. The van der Waals surface area contributed by atoms with Crippen LogP contribution >= 0.6 is 23.7 Å². The van der Waals surface area contributed by atoms with Gasteiger partial charge in [0.15, 0.2) is 5.13 Å². The van der Waals surface area contributed by atoms with Gasteiger partial charge in [-0.1, -0.05) is 23.5 Å². The number of anilines is 1. The zero-order valence-corrected chi connectivity index (χ0v) is 10.4. The largest absolute Gasteiger partial charge is 0.346 e. The van der Waals surface area contributed by atoms with Crippen molar-refractivity contribution in [1.82, 2.24) is 4.98 Å². The second kappa shape index (κ2) is 4.57. The quantitative estimate of drug-likeness (QED) is 0.850. The summed E-state index contributed by atoms with van der Waals surface area (Å²) in [5, 5.41) is 1.11. The zero-order chi connectivity index (χ0) is 10.3. The van der Waals surface area contributed by atoms with Crippen molar-refractivity contribution in [1.29, 1.82) is 0 Å². The summed E-state index contributed by atoms with van der Waals surface area (Å²) >= 11 is 1.76. The Morgan fingerprint density at radius 1 is 1.38 bits per heavy atom. The Morgan fingerprint density at radius 3 is 2.88 bits per heavy atom. The van der Waals surface area contributed by atoms with Gasteiger partial charge < -0.3 is 10.6 Å². The van der Waals surface area contributed by atoms with Crippen LogP contribution in [0.15, 0.2) is 24.3 Å². The maximum atomic E-state index is 5.89. The molecule has 2 heterocycles. The van der Waals surface area contributed by atoms with Gasteiger partial charge in [-0.05, 0) is 18.6 Å². The van der Waals surface area contributed by atoms with E-state index in [1.165, 1.54) is 4.70 Å².